The minimum absolute atomic E-state index is 0.000979. The molecule has 0 saturated heterocycles. The zero-order valence-corrected chi connectivity index (χ0v) is 28.6. The first-order valence-corrected chi connectivity index (χ1v) is 18.7. The number of fused-ring (bicyclic) bond motifs is 5. The zero-order chi connectivity index (χ0) is 33.0. The van der Waals surface area contributed by atoms with E-state index in [1.807, 2.05) is 0 Å². The fraction of sp³-hybridized carbons (Fsp3) is 0.152. The predicted molar refractivity (Wildman–Crippen MR) is 211 cm³/mol. The summed E-state index contributed by atoms with van der Waals surface area (Å²) in [5.74, 6) is 1.64. The number of nitrogens with one attached hydrogen (secondary N) is 1. The van der Waals surface area contributed by atoms with Crippen LogP contribution in [0.1, 0.15) is 47.9 Å². The maximum atomic E-state index is 5.38. The Morgan fingerprint density at radius 2 is 1.56 bits per heavy atom. The summed E-state index contributed by atoms with van der Waals surface area (Å²) < 4.78 is 2.54. The van der Waals surface area contributed by atoms with Gasteiger partial charge in [0.25, 0.3) is 0 Å². The summed E-state index contributed by atoms with van der Waals surface area (Å²) in [5, 5.41) is 6.75. The first-order valence-electron chi connectivity index (χ1n) is 17.8. The molecule has 4 atom stereocenters. The van der Waals surface area contributed by atoms with Crippen molar-refractivity contribution in [3.05, 3.63) is 196 Å². The Morgan fingerprint density at radius 1 is 0.760 bits per heavy atom. The van der Waals surface area contributed by atoms with Crippen molar-refractivity contribution in [1.29, 1.82) is 0 Å². The molecule has 0 saturated carbocycles. The number of nitrogens with zero attached hydrogens (tertiary/aromatic N) is 2. The third kappa shape index (κ3) is 5.01. The van der Waals surface area contributed by atoms with Gasteiger partial charge < -0.3 is 9.88 Å². The van der Waals surface area contributed by atoms with Gasteiger partial charge in [-0.15, -0.1) is 11.8 Å². The molecule has 4 unspecified atom stereocenters. The lowest BCUT2D eigenvalue weighted by atomic mass is 9.87. The molecule has 4 aromatic carbocycles. The lowest BCUT2D eigenvalue weighted by Crippen LogP contribution is -2.31. The monoisotopic (exact) mass is 663 g/mol. The highest BCUT2D eigenvalue weighted by Gasteiger charge is 2.38. The molecule has 5 aromatic rings. The van der Waals surface area contributed by atoms with Crippen LogP contribution in [-0.4, -0.2) is 15.7 Å². The van der Waals surface area contributed by atoms with E-state index in [2.05, 4.69) is 179 Å². The van der Waals surface area contributed by atoms with E-state index in [4.69, 9.17) is 4.99 Å². The molecule has 3 nitrogen and oxygen atoms in total. The van der Waals surface area contributed by atoms with Crippen molar-refractivity contribution in [2.75, 3.05) is 0 Å². The summed E-state index contributed by atoms with van der Waals surface area (Å²) >= 11 is 2.08. The van der Waals surface area contributed by atoms with Crippen LogP contribution < -0.4 is 5.32 Å². The van der Waals surface area contributed by atoms with Gasteiger partial charge in [0.2, 0.25) is 0 Å². The van der Waals surface area contributed by atoms with Gasteiger partial charge in [0.1, 0.15) is 5.84 Å². The summed E-state index contributed by atoms with van der Waals surface area (Å²) in [6.45, 7) is 0. The summed E-state index contributed by atoms with van der Waals surface area (Å²) in [5.41, 5.74) is 11.2. The second-order valence-electron chi connectivity index (χ2n) is 13.8. The molecule has 1 aromatic heterocycles. The molecule has 4 heteroatoms. The summed E-state index contributed by atoms with van der Waals surface area (Å²) in [4.78, 5) is 6.94. The van der Waals surface area contributed by atoms with E-state index in [1.54, 1.807) is 4.91 Å². The fourth-order valence-corrected chi connectivity index (χ4v) is 9.93. The van der Waals surface area contributed by atoms with Gasteiger partial charge in [0.15, 0.2) is 0 Å². The number of thioether (sulfide) groups is 1. The lowest BCUT2D eigenvalue weighted by molar-refractivity contribution is 0.764. The molecule has 2 aliphatic heterocycles. The van der Waals surface area contributed by atoms with Gasteiger partial charge in [0, 0.05) is 33.9 Å². The highest BCUT2D eigenvalue weighted by Crippen LogP contribution is 2.53. The number of aromatic nitrogens is 1. The number of amidine groups is 1. The van der Waals surface area contributed by atoms with Gasteiger partial charge in [-0.1, -0.05) is 134 Å². The Kier molecular flexibility index (Phi) is 7.23. The number of hydrogen-bond donors (Lipinski definition) is 1. The topological polar surface area (TPSA) is 29.3 Å². The molecule has 5 aliphatic rings. The highest BCUT2D eigenvalue weighted by molar-refractivity contribution is 8.04. The van der Waals surface area contributed by atoms with Gasteiger partial charge in [-0.25, -0.2) is 4.99 Å². The normalized spacial score (nSPS) is 24.0. The quantitative estimate of drug-likeness (QED) is 0.203. The van der Waals surface area contributed by atoms with Gasteiger partial charge in [-0.05, 0) is 70.7 Å². The maximum Gasteiger partial charge on any atom is 0.134 e. The van der Waals surface area contributed by atoms with E-state index in [-0.39, 0.29) is 6.04 Å². The average molecular weight is 664 g/mol. The Bertz CT molecular complexity index is 2410. The number of benzene rings is 4. The third-order valence-corrected chi connectivity index (χ3v) is 12.3. The number of hydrogen-bond acceptors (Lipinski definition) is 3. The standard InChI is InChI=1S/C46H37N3S/c1-3-13-30(14-4-1)32-17-11-18-33(27-32)40-29-39(31-15-5-2-6-16-31)47-46(48-40)34-25-26-36-35-19-7-9-22-41(35)49(43(36)28-34)42-23-12-21-38-37-20-8-10-24-44(37)50-45(38)42/h1-9,11-16,18-23,25-29,32,38-39,45H,10,17,24H2,(H,47,48). The van der Waals surface area contributed by atoms with Crippen LogP contribution in [0.4, 0.5) is 0 Å². The van der Waals surface area contributed by atoms with Gasteiger partial charge in [-0.3, -0.25) is 0 Å². The fourth-order valence-electron chi connectivity index (χ4n) is 8.36. The van der Waals surface area contributed by atoms with Crippen LogP contribution in [0.5, 0.6) is 0 Å². The largest absolute Gasteiger partial charge is 0.359 e. The van der Waals surface area contributed by atoms with Crippen molar-refractivity contribution >= 4 is 45.1 Å². The number of para-hydroxylation sites is 1. The minimum atomic E-state index is -0.000979. The van der Waals surface area contributed by atoms with Crippen LogP contribution in [0.25, 0.3) is 27.5 Å². The molecule has 50 heavy (non-hydrogen) atoms. The number of rotatable bonds is 5. The van der Waals surface area contributed by atoms with E-state index < -0.39 is 0 Å². The maximum absolute atomic E-state index is 5.38. The smallest absolute Gasteiger partial charge is 0.134 e. The molecule has 242 valence electrons. The molecule has 3 aliphatic carbocycles. The average Bonchev–Trinajstić information content (AvgIpc) is 3.74. The van der Waals surface area contributed by atoms with Crippen LogP contribution in [0, 0.1) is 5.92 Å². The molecule has 0 fully saturated rings. The molecule has 10 rings (SSSR count). The lowest BCUT2D eigenvalue weighted by Gasteiger charge is -2.27. The van der Waals surface area contributed by atoms with Crippen LogP contribution in [0.2, 0.25) is 0 Å². The van der Waals surface area contributed by atoms with Crippen molar-refractivity contribution in [1.82, 2.24) is 9.88 Å². The molecule has 3 heterocycles. The first kappa shape index (κ1) is 29.6. The molecular weight excluding hydrogens is 627 g/mol. The Morgan fingerprint density at radius 3 is 2.44 bits per heavy atom. The van der Waals surface area contributed by atoms with E-state index >= 15 is 0 Å². The molecule has 0 spiro atoms. The van der Waals surface area contributed by atoms with Crippen molar-refractivity contribution in [3.63, 3.8) is 0 Å². The Hall–Kier alpha value is -5.32. The van der Waals surface area contributed by atoms with Crippen molar-refractivity contribution < 1.29 is 0 Å². The summed E-state index contributed by atoms with van der Waals surface area (Å²) in [6.07, 6.45) is 24.3. The van der Waals surface area contributed by atoms with E-state index in [0.29, 0.717) is 17.1 Å². The van der Waals surface area contributed by atoms with Crippen molar-refractivity contribution in [2.45, 2.75) is 36.5 Å². The molecular formula is C46H37N3S. The molecule has 0 amide bonds. The third-order valence-electron chi connectivity index (χ3n) is 10.8. The number of allylic oxidation sites excluding steroid dienone is 10. The molecule has 1 N–H and O–H groups in total. The molecule has 0 radical (unpaired) electrons. The zero-order valence-electron chi connectivity index (χ0n) is 27.7. The van der Waals surface area contributed by atoms with Gasteiger partial charge >= 0.3 is 0 Å². The summed E-state index contributed by atoms with van der Waals surface area (Å²) in [7, 11) is 0. The van der Waals surface area contributed by atoms with Gasteiger partial charge in [-0.2, -0.15) is 0 Å². The Labute approximate surface area is 297 Å². The predicted octanol–water partition coefficient (Wildman–Crippen LogP) is 11.2. The second-order valence-corrected chi connectivity index (χ2v) is 15.0. The highest BCUT2D eigenvalue weighted by atomic mass is 32.2. The van der Waals surface area contributed by atoms with E-state index in [9.17, 15) is 0 Å². The number of aliphatic imine (C=N–C) groups is 1. The van der Waals surface area contributed by atoms with Crippen molar-refractivity contribution in [3.8, 4) is 0 Å². The van der Waals surface area contributed by atoms with E-state index in [0.717, 1.165) is 36.4 Å². The van der Waals surface area contributed by atoms with Crippen LogP contribution in [0.15, 0.2) is 185 Å². The van der Waals surface area contributed by atoms with Crippen LogP contribution in [-0.2, 0) is 0 Å². The van der Waals surface area contributed by atoms with E-state index in [1.165, 1.54) is 49.8 Å². The molecule has 0 bridgehead atoms. The van der Waals surface area contributed by atoms with Gasteiger partial charge in [0.05, 0.1) is 28.0 Å². The van der Waals surface area contributed by atoms with Crippen molar-refractivity contribution in [2.24, 2.45) is 10.9 Å². The summed E-state index contributed by atoms with van der Waals surface area (Å²) in [6, 6.07) is 37.4. The SMILES string of the molecule is C1=CC2C3=C(CCC=C3)SC2C(n2c3ccccc3c3ccc(C4=NC(C5=CC(c6ccccc6)CC=C5)=CC(c5ccccc5)N4)cc32)=C1. The minimum Gasteiger partial charge on any atom is -0.359 e. The first-order chi connectivity index (χ1) is 24.8. The van der Waals surface area contributed by atoms with Crippen LogP contribution in [0.3, 0.4) is 0 Å². The second kappa shape index (κ2) is 12.2. The van der Waals surface area contributed by atoms with Crippen LogP contribution >= 0.6 is 11.8 Å². The Balaban J connectivity index is 1.10.